The summed E-state index contributed by atoms with van der Waals surface area (Å²) in [4.78, 5) is 11.2. The lowest BCUT2D eigenvalue weighted by molar-refractivity contribution is -0.155. The molecule has 0 saturated carbocycles. The van der Waals surface area contributed by atoms with Crippen molar-refractivity contribution in [2.45, 2.75) is 26.4 Å². The summed E-state index contributed by atoms with van der Waals surface area (Å²) in [6.07, 6.45) is 0. The molecule has 0 heterocycles. The van der Waals surface area contributed by atoms with Crippen molar-refractivity contribution in [1.29, 1.82) is 0 Å². The van der Waals surface area contributed by atoms with E-state index in [1.807, 2.05) is 6.07 Å². The summed E-state index contributed by atoms with van der Waals surface area (Å²) < 4.78 is 0. The minimum atomic E-state index is -1.35. The molecule has 0 aliphatic carbocycles. The Morgan fingerprint density at radius 2 is 1.75 bits per heavy atom. The third-order valence-corrected chi connectivity index (χ3v) is 2.90. The fraction of sp³-hybridized carbons (Fsp3) is 0.462. The van der Waals surface area contributed by atoms with Crippen LogP contribution in [-0.4, -0.2) is 16.2 Å². The summed E-state index contributed by atoms with van der Waals surface area (Å²) >= 11 is 0. The molecule has 88 valence electrons. The molecule has 0 aromatic heterocycles. The first-order valence-electron chi connectivity index (χ1n) is 5.38. The van der Waals surface area contributed by atoms with E-state index in [-0.39, 0.29) is 5.92 Å². The molecule has 0 fully saturated rings. The maximum absolute atomic E-state index is 11.2. The number of benzene rings is 1. The highest BCUT2D eigenvalue weighted by molar-refractivity contribution is 5.72. The van der Waals surface area contributed by atoms with Crippen LogP contribution in [0.15, 0.2) is 30.3 Å². The van der Waals surface area contributed by atoms with Gasteiger partial charge in [0.2, 0.25) is 0 Å². The van der Waals surface area contributed by atoms with Gasteiger partial charge >= 0.3 is 5.97 Å². The first-order chi connectivity index (χ1) is 7.37. The Morgan fingerprint density at radius 3 is 2.12 bits per heavy atom. The van der Waals surface area contributed by atoms with Crippen molar-refractivity contribution >= 4 is 5.97 Å². The zero-order chi connectivity index (χ0) is 12.3. The van der Waals surface area contributed by atoms with Crippen molar-refractivity contribution in [1.82, 2.24) is 0 Å². The number of carboxylic acids is 1. The number of carboxylic acid groups (broad SMARTS) is 1. The maximum atomic E-state index is 11.2. The highest BCUT2D eigenvalue weighted by Crippen LogP contribution is 2.34. The number of aliphatic hydroxyl groups is 1. The van der Waals surface area contributed by atoms with Gasteiger partial charge < -0.3 is 10.2 Å². The Bertz CT molecular complexity index is 355. The fourth-order valence-electron chi connectivity index (χ4n) is 2.13. The first-order valence-corrected chi connectivity index (χ1v) is 5.38. The molecule has 2 unspecified atom stereocenters. The Hall–Kier alpha value is -1.35. The van der Waals surface area contributed by atoms with Crippen molar-refractivity contribution in [2.75, 3.05) is 0 Å². The molecule has 2 N–H and O–H groups in total. The first kappa shape index (κ1) is 12.7. The minimum absolute atomic E-state index is 0.132. The Balaban J connectivity index is 3.13. The monoisotopic (exact) mass is 222 g/mol. The lowest BCUT2D eigenvalue weighted by Crippen LogP contribution is -2.40. The zero-order valence-electron chi connectivity index (χ0n) is 9.84. The Kier molecular flexibility index (Phi) is 3.70. The van der Waals surface area contributed by atoms with Crippen LogP contribution >= 0.6 is 0 Å². The number of carbonyl (C=O) groups is 1. The third kappa shape index (κ3) is 2.42. The van der Waals surface area contributed by atoms with Gasteiger partial charge in [0.25, 0.3) is 0 Å². The van der Waals surface area contributed by atoms with E-state index in [1.54, 1.807) is 45.0 Å². The number of hydrogen-bond donors (Lipinski definition) is 2. The van der Waals surface area contributed by atoms with Crippen LogP contribution in [0.5, 0.6) is 0 Å². The van der Waals surface area contributed by atoms with Gasteiger partial charge in [-0.2, -0.15) is 0 Å². The normalized spacial score (nSPS) is 16.8. The smallest absolute Gasteiger partial charge is 0.310 e. The molecule has 1 aromatic rings. The van der Waals surface area contributed by atoms with Crippen LogP contribution in [0.4, 0.5) is 0 Å². The van der Waals surface area contributed by atoms with Gasteiger partial charge in [-0.05, 0) is 18.4 Å². The van der Waals surface area contributed by atoms with E-state index >= 15 is 0 Å². The average molecular weight is 222 g/mol. The van der Waals surface area contributed by atoms with Crippen LogP contribution in [0.1, 0.15) is 26.3 Å². The lowest BCUT2D eigenvalue weighted by Gasteiger charge is -2.33. The molecular formula is C13H18O3. The van der Waals surface area contributed by atoms with Crippen molar-refractivity contribution in [3.05, 3.63) is 35.9 Å². The molecule has 0 aliphatic rings. The van der Waals surface area contributed by atoms with E-state index in [0.29, 0.717) is 5.56 Å². The lowest BCUT2D eigenvalue weighted by atomic mass is 9.76. The molecule has 1 aromatic carbocycles. The van der Waals surface area contributed by atoms with Gasteiger partial charge in [0.05, 0.1) is 5.92 Å². The van der Waals surface area contributed by atoms with Crippen LogP contribution in [0.2, 0.25) is 0 Å². The largest absolute Gasteiger partial charge is 0.481 e. The average Bonchev–Trinajstić information content (AvgIpc) is 2.17. The summed E-state index contributed by atoms with van der Waals surface area (Å²) in [5.74, 6) is -1.91. The van der Waals surface area contributed by atoms with E-state index in [9.17, 15) is 15.0 Å². The van der Waals surface area contributed by atoms with E-state index in [2.05, 4.69) is 0 Å². The Morgan fingerprint density at radius 1 is 1.25 bits per heavy atom. The van der Waals surface area contributed by atoms with Gasteiger partial charge in [-0.3, -0.25) is 4.79 Å². The van der Waals surface area contributed by atoms with Crippen LogP contribution in [0.25, 0.3) is 0 Å². The molecule has 0 spiro atoms. The predicted octanol–water partition coefficient (Wildman–Crippen LogP) is 2.25. The molecule has 16 heavy (non-hydrogen) atoms. The van der Waals surface area contributed by atoms with E-state index in [4.69, 9.17) is 0 Å². The van der Waals surface area contributed by atoms with E-state index in [0.717, 1.165) is 0 Å². The zero-order valence-corrected chi connectivity index (χ0v) is 9.84. The van der Waals surface area contributed by atoms with Crippen LogP contribution in [0.3, 0.4) is 0 Å². The molecule has 0 bridgehead atoms. The Labute approximate surface area is 95.7 Å². The second-order valence-electron chi connectivity index (χ2n) is 4.57. The number of aliphatic carboxylic acids is 1. The minimum Gasteiger partial charge on any atom is -0.481 e. The summed E-state index contributed by atoms with van der Waals surface area (Å²) in [5.41, 5.74) is -0.711. The maximum Gasteiger partial charge on any atom is 0.310 e. The van der Waals surface area contributed by atoms with Crippen LogP contribution in [-0.2, 0) is 10.4 Å². The van der Waals surface area contributed by atoms with Gasteiger partial charge in [-0.1, -0.05) is 44.2 Å². The standard InChI is InChI=1S/C13H18O3/c1-9(2)11(12(14)15)13(3,16)10-7-5-4-6-8-10/h4-9,11,16H,1-3H3,(H,14,15). The molecule has 2 atom stereocenters. The van der Waals surface area contributed by atoms with Crippen molar-refractivity contribution in [3.8, 4) is 0 Å². The molecular weight excluding hydrogens is 204 g/mol. The molecule has 0 saturated heterocycles. The molecule has 3 heteroatoms. The highest BCUT2D eigenvalue weighted by atomic mass is 16.4. The van der Waals surface area contributed by atoms with Crippen LogP contribution < -0.4 is 0 Å². The second-order valence-corrected chi connectivity index (χ2v) is 4.57. The van der Waals surface area contributed by atoms with Gasteiger partial charge in [0, 0.05) is 0 Å². The molecule has 0 aliphatic heterocycles. The van der Waals surface area contributed by atoms with Gasteiger partial charge in [-0.25, -0.2) is 0 Å². The topological polar surface area (TPSA) is 57.5 Å². The van der Waals surface area contributed by atoms with Crippen molar-refractivity contribution in [2.24, 2.45) is 11.8 Å². The van der Waals surface area contributed by atoms with E-state index < -0.39 is 17.5 Å². The summed E-state index contributed by atoms with van der Waals surface area (Å²) in [5, 5.41) is 19.6. The van der Waals surface area contributed by atoms with Crippen molar-refractivity contribution in [3.63, 3.8) is 0 Å². The van der Waals surface area contributed by atoms with Crippen LogP contribution in [0, 0.1) is 11.8 Å². The number of rotatable bonds is 4. The highest BCUT2D eigenvalue weighted by Gasteiger charge is 2.40. The SMILES string of the molecule is CC(C)C(C(=O)O)C(C)(O)c1ccccc1. The van der Waals surface area contributed by atoms with Gasteiger partial charge in [0.15, 0.2) is 0 Å². The summed E-state index contributed by atoms with van der Waals surface area (Å²) in [6, 6.07) is 8.92. The van der Waals surface area contributed by atoms with Gasteiger partial charge in [-0.15, -0.1) is 0 Å². The van der Waals surface area contributed by atoms with E-state index in [1.165, 1.54) is 0 Å². The molecule has 3 nitrogen and oxygen atoms in total. The third-order valence-electron chi connectivity index (χ3n) is 2.90. The number of hydrogen-bond acceptors (Lipinski definition) is 2. The fourth-order valence-corrected chi connectivity index (χ4v) is 2.13. The van der Waals surface area contributed by atoms with Gasteiger partial charge in [0.1, 0.15) is 5.60 Å². The quantitative estimate of drug-likeness (QED) is 0.821. The molecule has 1 rings (SSSR count). The second kappa shape index (κ2) is 4.66. The molecule has 0 amide bonds. The summed E-state index contributed by atoms with van der Waals surface area (Å²) in [7, 11) is 0. The predicted molar refractivity (Wildman–Crippen MR) is 62.0 cm³/mol. The molecule has 0 radical (unpaired) electrons. The van der Waals surface area contributed by atoms with Crippen molar-refractivity contribution < 1.29 is 15.0 Å². The summed E-state index contributed by atoms with van der Waals surface area (Å²) in [6.45, 7) is 5.16.